The molecule has 0 aliphatic carbocycles. The van der Waals surface area contributed by atoms with Gasteiger partial charge < -0.3 is 19.6 Å². The molecule has 1 aliphatic rings. The second-order valence-corrected chi connectivity index (χ2v) is 7.78. The number of aromatic carboxylic acids is 1. The zero-order valence-electron chi connectivity index (χ0n) is 15.7. The van der Waals surface area contributed by atoms with Crippen molar-refractivity contribution in [1.82, 2.24) is 4.90 Å². The van der Waals surface area contributed by atoms with Crippen molar-refractivity contribution in [3.63, 3.8) is 0 Å². The van der Waals surface area contributed by atoms with Crippen LogP contribution in [0.25, 0.3) is 0 Å². The molecule has 1 amide bonds. The number of carboxylic acid groups (broad SMARTS) is 1. The molecule has 0 saturated carbocycles. The van der Waals surface area contributed by atoms with Gasteiger partial charge in [-0.3, -0.25) is 0 Å². The first kappa shape index (κ1) is 19.1. The Morgan fingerprint density at radius 2 is 1.76 bits per heavy atom. The van der Waals surface area contributed by atoms with E-state index in [9.17, 15) is 9.59 Å². The Kier molecular flexibility index (Phi) is 5.60. The van der Waals surface area contributed by atoms with Crippen LogP contribution in [0.15, 0.2) is 24.3 Å². The van der Waals surface area contributed by atoms with Gasteiger partial charge in [0.05, 0.1) is 11.6 Å². The van der Waals surface area contributed by atoms with Crippen LogP contribution < -0.4 is 4.90 Å². The molecule has 0 radical (unpaired) electrons. The van der Waals surface area contributed by atoms with Gasteiger partial charge in [0, 0.05) is 25.3 Å². The molecule has 1 atom stereocenters. The maximum absolute atomic E-state index is 12.5. The number of anilines is 1. The summed E-state index contributed by atoms with van der Waals surface area (Å²) in [5.41, 5.74) is 0.735. The summed E-state index contributed by atoms with van der Waals surface area (Å²) in [4.78, 5) is 27.5. The first-order chi connectivity index (χ1) is 11.6. The highest BCUT2D eigenvalue weighted by Gasteiger charge is 2.35. The number of benzene rings is 1. The van der Waals surface area contributed by atoms with E-state index in [2.05, 4.69) is 18.7 Å². The van der Waals surface area contributed by atoms with Gasteiger partial charge in [0.15, 0.2) is 0 Å². The molecule has 0 bridgehead atoms. The SMILES string of the molecule is CC(C)[C@@H]1CN(c2ccc(C(=O)O)cc2)CCN1C(=O)OC(C)(C)C. The van der Waals surface area contributed by atoms with Crippen molar-refractivity contribution in [2.45, 2.75) is 46.3 Å². The lowest BCUT2D eigenvalue weighted by molar-refractivity contribution is 0.00881. The van der Waals surface area contributed by atoms with E-state index in [1.807, 2.05) is 37.8 Å². The summed E-state index contributed by atoms with van der Waals surface area (Å²) < 4.78 is 5.54. The number of hydrogen-bond donors (Lipinski definition) is 1. The highest BCUT2D eigenvalue weighted by atomic mass is 16.6. The Labute approximate surface area is 149 Å². The molecule has 1 aromatic carbocycles. The van der Waals surface area contributed by atoms with Crippen molar-refractivity contribution in [2.75, 3.05) is 24.5 Å². The molecule has 1 heterocycles. The molecule has 2 rings (SSSR count). The number of piperazine rings is 1. The molecular formula is C19H28N2O4. The van der Waals surface area contributed by atoms with Crippen molar-refractivity contribution in [3.8, 4) is 0 Å². The van der Waals surface area contributed by atoms with Crippen LogP contribution in [0.4, 0.5) is 10.5 Å². The van der Waals surface area contributed by atoms with Crippen molar-refractivity contribution < 1.29 is 19.4 Å². The second-order valence-electron chi connectivity index (χ2n) is 7.78. The fourth-order valence-electron chi connectivity index (χ4n) is 2.98. The summed E-state index contributed by atoms with van der Waals surface area (Å²) in [6.45, 7) is 11.8. The van der Waals surface area contributed by atoms with E-state index in [0.717, 1.165) is 5.69 Å². The first-order valence-electron chi connectivity index (χ1n) is 8.66. The van der Waals surface area contributed by atoms with Gasteiger partial charge in [0.25, 0.3) is 0 Å². The minimum absolute atomic E-state index is 0.0442. The van der Waals surface area contributed by atoms with Gasteiger partial charge in [-0.1, -0.05) is 13.8 Å². The van der Waals surface area contributed by atoms with E-state index < -0.39 is 11.6 Å². The van der Waals surface area contributed by atoms with E-state index in [0.29, 0.717) is 19.6 Å². The Balaban J connectivity index is 2.12. The lowest BCUT2D eigenvalue weighted by atomic mass is 9.99. The largest absolute Gasteiger partial charge is 0.478 e. The number of carbonyl (C=O) groups is 2. The number of rotatable bonds is 3. The van der Waals surface area contributed by atoms with Crippen LogP contribution in [-0.4, -0.2) is 53.3 Å². The smallest absolute Gasteiger partial charge is 0.410 e. The molecule has 25 heavy (non-hydrogen) atoms. The van der Waals surface area contributed by atoms with Crippen LogP contribution in [0.2, 0.25) is 0 Å². The van der Waals surface area contributed by atoms with Crippen LogP contribution in [0.5, 0.6) is 0 Å². The molecule has 6 heteroatoms. The molecule has 1 N–H and O–H groups in total. The molecule has 0 spiro atoms. The maximum Gasteiger partial charge on any atom is 0.410 e. The van der Waals surface area contributed by atoms with Crippen LogP contribution in [-0.2, 0) is 4.74 Å². The van der Waals surface area contributed by atoms with Gasteiger partial charge >= 0.3 is 12.1 Å². The van der Waals surface area contributed by atoms with E-state index in [1.165, 1.54) is 0 Å². The zero-order chi connectivity index (χ0) is 18.8. The summed E-state index contributed by atoms with van der Waals surface area (Å²) in [7, 11) is 0. The third-order valence-electron chi connectivity index (χ3n) is 4.30. The number of ether oxygens (including phenoxy) is 1. The molecule has 6 nitrogen and oxygen atoms in total. The number of carboxylic acids is 1. The molecular weight excluding hydrogens is 320 g/mol. The van der Waals surface area contributed by atoms with Crippen LogP contribution in [0.1, 0.15) is 45.0 Å². The van der Waals surface area contributed by atoms with Crippen molar-refractivity contribution in [1.29, 1.82) is 0 Å². The summed E-state index contributed by atoms with van der Waals surface area (Å²) in [6.07, 6.45) is -0.271. The van der Waals surface area contributed by atoms with Crippen molar-refractivity contribution in [2.24, 2.45) is 5.92 Å². The first-order valence-corrected chi connectivity index (χ1v) is 8.66. The fraction of sp³-hybridized carbons (Fsp3) is 0.579. The molecule has 1 aliphatic heterocycles. The van der Waals surface area contributed by atoms with Gasteiger partial charge in [-0.05, 0) is 51.0 Å². The lowest BCUT2D eigenvalue weighted by Gasteiger charge is -2.44. The quantitative estimate of drug-likeness (QED) is 0.906. The normalized spacial score (nSPS) is 18.4. The Hall–Kier alpha value is -2.24. The summed E-state index contributed by atoms with van der Waals surface area (Å²) in [5, 5.41) is 9.02. The van der Waals surface area contributed by atoms with E-state index in [-0.39, 0.29) is 23.6 Å². The number of carbonyl (C=O) groups excluding carboxylic acids is 1. The highest BCUT2D eigenvalue weighted by Crippen LogP contribution is 2.25. The zero-order valence-corrected chi connectivity index (χ0v) is 15.7. The average Bonchev–Trinajstić information content (AvgIpc) is 2.52. The van der Waals surface area contributed by atoms with Crippen LogP contribution >= 0.6 is 0 Å². The second kappa shape index (κ2) is 7.33. The van der Waals surface area contributed by atoms with Gasteiger partial charge in [-0.15, -0.1) is 0 Å². The van der Waals surface area contributed by atoms with Gasteiger partial charge in [0.1, 0.15) is 5.60 Å². The average molecular weight is 348 g/mol. The Morgan fingerprint density at radius 3 is 2.24 bits per heavy atom. The number of nitrogens with zero attached hydrogens (tertiary/aromatic N) is 2. The van der Waals surface area contributed by atoms with E-state index in [1.54, 1.807) is 12.1 Å². The van der Waals surface area contributed by atoms with Gasteiger partial charge in [-0.2, -0.15) is 0 Å². The molecule has 138 valence electrons. The van der Waals surface area contributed by atoms with E-state index in [4.69, 9.17) is 9.84 Å². The minimum Gasteiger partial charge on any atom is -0.478 e. The van der Waals surface area contributed by atoms with Crippen LogP contribution in [0, 0.1) is 5.92 Å². The summed E-state index contributed by atoms with van der Waals surface area (Å²) in [6, 6.07) is 6.92. The molecule has 0 unspecified atom stereocenters. The maximum atomic E-state index is 12.5. The summed E-state index contributed by atoms with van der Waals surface area (Å²) >= 11 is 0. The monoisotopic (exact) mass is 348 g/mol. The standard InChI is InChI=1S/C19H28N2O4/c1-13(2)16-12-20(15-8-6-14(7-9-15)17(22)23)10-11-21(16)18(24)25-19(3,4)5/h6-9,13,16H,10-12H2,1-5H3,(H,22,23)/t16-/m0/s1. The minimum atomic E-state index is -0.929. The third kappa shape index (κ3) is 4.87. The van der Waals surface area contributed by atoms with E-state index >= 15 is 0 Å². The number of hydrogen-bond acceptors (Lipinski definition) is 4. The predicted octanol–water partition coefficient (Wildman–Crippen LogP) is 3.47. The topological polar surface area (TPSA) is 70.1 Å². The third-order valence-corrected chi connectivity index (χ3v) is 4.30. The number of amides is 1. The highest BCUT2D eigenvalue weighted by molar-refractivity contribution is 5.88. The van der Waals surface area contributed by atoms with Gasteiger partial charge in [-0.25, -0.2) is 9.59 Å². The van der Waals surface area contributed by atoms with Gasteiger partial charge in [0.2, 0.25) is 0 Å². The van der Waals surface area contributed by atoms with Crippen molar-refractivity contribution in [3.05, 3.63) is 29.8 Å². The predicted molar refractivity (Wildman–Crippen MR) is 97.2 cm³/mol. The van der Waals surface area contributed by atoms with Crippen molar-refractivity contribution >= 4 is 17.7 Å². The molecule has 1 aromatic rings. The lowest BCUT2D eigenvalue weighted by Crippen LogP contribution is -2.58. The Bertz CT molecular complexity index is 619. The molecule has 1 saturated heterocycles. The summed E-state index contributed by atoms with van der Waals surface area (Å²) in [5.74, 6) is -0.644. The fourth-order valence-corrected chi connectivity index (χ4v) is 2.98. The molecule has 0 aromatic heterocycles. The van der Waals surface area contributed by atoms with Crippen LogP contribution in [0.3, 0.4) is 0 Å². The Morgan fingerprint density at radius 1 is 1.16 bits per heavy atom. The molecule has 1 fully saturated rings.